The number of hydrogen-bond donors (Lipinski definition) is 0. The van der Waals surface area contributed by atoms with Gasteiger partial charge in [-0.25, -0.2) is 4.79 Å². The van der Waals surface area contributed by atoms with Gasteiger partial charge >= 0.3 is 5.97 Å². The summed E-state index contributed by atoms with van der Waals surface area (Å²) in [5, 5.41) is 0. The minimum Gasteiger partial charge on any atom is -0.452 e. The van der Waals surface area contributed by atoms with E-state index in [1.54, 1.807) is 17.0 Å². The molecule has 0 unspecified atom stereocenters. The maximum atomic E-state index is 12.6. The fourth-order valence-electron chi connectivity index (χ4n) is 3.55. The number of carbonyl (C=O) groups is 2. The van der Waals surface area contributed by atoms with Crippen molar-refractivity contribution in [1.82, 2.24) is 0 Å². The summed E-state index contributed by atoms with van der Waals surface area (Å²) in [6.07, 6.45) is 0.828. The average molecular weight is 400 g/mol. The van der Waals surface area contributed by atoms with Gasteiger partial charge in [0.2, 0.25) is 0 Å². The second kappa shape index (κ2) is 7.98. The van der Waals surface area contributed by atoms with E-state index in [1.165, 1.54) is 17.1 Å². The number of esters is 1. The molecular formula is C21H21NO3S2. The van der Waals surface area contributed by atoms with Gasteiger partial charge < -0.3 is 9.64 Å². The number of rotatable bonds is 4. The third kappa shape index (κ3) is 3.87. The summed E-state index contributed by atoms with van der Waals surface area (Å²) in [6, 6.07) is 15.5. The first kappa shape index (κ1) is 18.4. The van der Waals surface area contributed by atoms with Gasteiger partial charge in [-0.05, 0) is 42.7 Å². The van der Waals surface area contributed by atoms with E-state index in [4.69, 9.17) is 4.74 Å². The quantitative estimate of drug-likeness (QED) is 0.718. The zero-order valence-corrected chi connectivity index (χ0v) is 16.7. The molecule has 6 heteroatoms. The Balaban J connectivity index is 1.37. The molecule has 0 N–H and O–H groups in total. The van der Waals surface area contributed by atoms with Crippen LogP contribution in [-0.2, 0) is 16.0 Å². The molecule has 0 spiro atoms. The van der Waals surface area contributed by atoms with E-state index in [9.17, 15) is 9.59 Å². The predicted octanol–water partition coefficient (Wildman–Crippen LogP) is 4.30. The molecule has 0 radical (unpaired) electrons. The average Bonchev–Trinajstić information content (AvgIpc) is 3.33. The third-order valence-corrected chi connectivity index (χ3v) is 7.95. The van der Waals surface area contributed by atoms with E-state index in [1.807, 2.05) is 66.8 Å². The first-order valence-corrected chi connectivity index (χ1v) is 11.1. The molecule has 2 aromatic rings. The zero-order valence-electron chi connectivity index (χ0n) is 15.1. The number of para-hydroxylation sites is 1. The van der Waals surface area contributed by atoms with Gasteiger partial charge in [0.15, 0.2) is 6.61 Å². The molecule has 1 saturated heterocycles. The number of hydrogen-bond acceptors (Lipinski definition) is 5. The molecule has 1 amide bonds. The van der Waals surface area contributed by atoms with Crippen LogP contribution in [0.4, 0.5) is 5.69 Å². The first-order valence-electron chi connectivity index (χ1n) is 9.04. The van der Waals surface area contributed by atoms with E-state index in [2.05, 4.69) is 0 Å². The van der Waals surface area contributed by atoms with Gasteiger partial charge in [0, 0.05) is 23.2 Å². The van der Waals surface area contributed by atoms with Gasteiger partial charge in [-0.2, -0.15) is 0 Å². The van der Waals surface area contributed by atoms with Crippen LogP contribution in [0.15, 0.2) is 48.5 Å². The van der Waals surface area contributed by atoms with Crippen LogP contribution >= 0.6 is 23.5 Å². The minimum absolute atomic E-state index is 0.0781. The van der Waals surface area contributed by atoms with Crippen molar-refractivity contribution in [3.63, 3.8) is 0 Å². The second-order valence-electron chi connectivity index (χ2n) is 6.72. The Labute approximate surface area is 167 Å². The van der Waals surface area contributed by atoms with E-state index in [0.29, 0.717) is 10.1 Å². The Morgan fingerprint density at radius 1 is 1.07 bits per heavy atom. The highest BCUT2D eigenvalue weighted by Crippen LogP contribution is 2.45. The second-order valence-corrected chi connectivity index (χ2v) is 9.44. The summed E-state index contributed by atoms with van der Waals surface area (Å²) in [5.74, 6) is 1.69. The maximum Gasteiger partial charge on any atom is 0.338 e. The molecule has 4 rings (SSSR count). The van der Waals surface area contributed by atoms with E-state index >= 15 is 0 Å². The lowest BCUT2D eigenvalue weighted by molar-refractivity contribution is -0.122. The molecule has 2 aliphatic rings. The molecule has 2 aromatic carbocycles. The minimum atomic E-state index is -0.457. The van der Waals surface area contributed by atoms with Crippen LogP contribution in [0.25, 0.3) is 0 Å². The highest BCUT2D eigenvalue weighted by Gasteiger charge is 2.31. The molecule has 140 valence electrons. The van der Waals surface area contributed by atoms with Crippen LogP contribution in [0.3, 0.4) is 0 Å². The molecular weight excluding hydrogens is 378 g/mol. The molecule has 2 aliphatic heterocycles. The number of ether oxygens (including phenoxy) is 1. The molecule has 0 saturated carbocycles. The van der Waals surface area contributed by atoms with Crippen molar-refractivity contribution in [3.05, 3.63) is 65.2 Å². The molecule has 27 heavy (non-hydrogen) atoms. The lowest BCUT2D eigenvalue weighted by Gasteiger charge is -2.22. The molecule has 4 nitrogen and oxygen atoms in total. The van der Waals surface area contributed by atoms with Crippen molar-refractivity contribution in [2.24, 2.45) is 0 Å². The van der Waals surface area contributed by atoms with Gasteiger partial charge in [-0.3, -0.25) is 4.79 Å². The summed E-state index contributed by atoms with van der Waals surface area (Å²) in [5.41, 5.74) is 3.77. The van der Waals surface area contributed by atoms with Gasteiger partial charge in [0.25, 0.3) is 5.91 Å². The molecule has 0 bridgehead atoms. The Kier molecular flexibility index (Phi) is 5.45. The number of amides is 1. The summed E-state index contributed by atoms with van der Waals surface area (Å²) in [6.45, 7) is 1.77. The van der Waals surface area contributed by atoms with Crippen LogP contribution < -0.4 is 4.90 Å². The molecule has 0 aromatic heterocycles. The SMILES string of the molecule is C[C@H]1Cc2ccccc2N1C(=O)COC(=O)c1ccc(C2SCCS2)cc1. The van der Waals surface area contributed by atoms with Crippen molar-refractivity contribution in [3.8, 4) is 0 Å². The zero-order chi connectivity index (χ0) is 18.8. The summed E-state index contributed by atoms with van der Waals surface area (Å²) in [4.78, 5) is 26.7. The van der Waals surface area contributed by atoms with E-state index < -0.39 is 5.97 Å². The van der Waals surface area contributed by atoms with E-state index in [0.717, 1.165) is 17.7 Å². The molecule has 0 aliphatic carbocycles. The van der Waals surface area contributed by atoms with Gasteiger partial charge in [-0.15, -0.1) is 23.5 Å². The normalized spacial score (nSPS) is 19.1. The lowest BCUT2D eigenvalue weighted by atomic mass is 10.1. The first-order chi connectivity index (χ1) is 13.1. The van der Waals surface area contributed by atoms with Crippen molar-refractivity contribution in [2.45, 2.75) is 24.0 Å². The summed E-state index contributed by atoms with van der Waals surface area (Å²) < 4.78 is 5.74. The largest absolute Gasteiger partial charge is 0.452 e. The number of carbonyl (C=O) groups excluding carboxylic acids is 2. The Morgan fingerprint density at radius 2 is 1.78 bits per heavy atom. The predicted molar refractivity (Wildman–Crippen MR) is 111 cm³/mol. The maximum absolute atomic E-state index is 12.6. The van der Waals surface area contributed by atoms with Crippen LogP contribution in [0.5, 0.6) is 0 Å². The molecule has 2 heterocycles. The van der Waals surface area contributed by atoms with Crippen molar-refractivity contribution in [2.75, 3.05) is 23.0 Å². The van der Waals surface area contributed by atoms with Crippen LogP contribution in [-0.4, -0.2) is 36.0 Å². The highest BCUT2D eigenvalue weighted by atomic mass is 32.2. The van der Waals surface area contributed by atoms with Gasteiger partial charge in [0.1, 0.15) is 0 Å². The number of fused-ring (bicyclic) bond motifs is 1. The Hall–Kier alpha value is -1.92. The Morgan fingerprint density at radius 3 is 2.52 bits per heavy atom. The topological polar surface area (TPSA) is 46.6 Å². The third-order valence-electron chi connectivity index (χ3n) is 4.84. The number of nitrogens with zero attached hydrogens (tertiary/aromatic N) is 1. The van der Waals surface area contributed by atoms with Crippen molar-refractivity contribution >= 4 is 41.1 Å². The number of anilines is 1. The fourth-order valence-corrected chi connectivity index (χ4v) is 6.41. The van der Waals surface area contributed by atoms with Crippen LogP contribution in [0.2, 0.25) is 0 Å². The monoisotopic (exact) mass is 399 g/mol. The Bertz CT molecular complexity index is 847. The highest BCUT2D eigenvalue weighted by molar-refractivity contribution is 8.19. The van der Waals surface area contributed by atoms with Crippen molar-refractivity contribution in [1.29, 1.82) is 0 Å². The standard InChI is InChI=1S/C21H21NO3S2/c1-14-12-17-4-2-3-5-18(17)22(14)19(23)13-25-20(24)15-6-8-16(9-7-15)21-26-10-11-27-21/h2-9,14,21H,10-13H2,1H3/t14-/m0/s1. The fraction of sp³-hybridized carbons (Fsp3) is 0.333. The summed E-state index contributed by atoms with van der Waals surface area (Å²) >= 11 is 3.86. The lowest BCUT2D eigenvalue weighted by Crippen LogP contribution is -2.38. The molecule has 1 fully saturated rings. The number of thioether (sulfide) groups is 2. The number of benzene rings is 2. The summed E-state index contributed by atoms with van der Waals surface area (Å²) in [7, 11) is 0. The van der Waals surface area contributed by atoms with E-state index in [-0.39, 0.29) is 18.6 Å². The van der Waals surface area contributed by atoms with Crippen LogP contribution in [0.1, 0.15) is 33.0 Å². The van der Waals surface area contributed by atoms with Crippen LogP contribution in [0, 0.1) is 0 Å². The van der Waals surface area contributed by atoms with Gasteiger partial charge in [-0.1, -0.05) is 30.3 Å². The van der Waals surface area contributed by atoms with Gasteiger partial charge in [0.05, 0.1) is 10.1 Å². The molecule has 1 atom stereocenters. The van der Waals surface area contributed by atoms with Crippen molar-refractivity contribution < 1.29 is 14.3 Å². The smallest absolute Gasteiger partial charge is 0.338 e.